The Balaban J connectivity index is 1.35. The Morgan fingerprint density at radius 2 is 1.83 bits per heavy atom. The number of fused-ring (bicyclic) bond motifs is 1. The van der Waals surface area contributed by atoms with Gasteiger partial charge in [0.15, 0.2) is 5.13 Å². The van der Waals surface area contributed by atoms with Crippen molar-refractivity contribution in [3.05, 3.63) is 72.2 Å². The molecule has 9 heteroatoms. The molecule has 0 unspecified atom stereocenters. The Bertz CT molecular complexity index is 1140. The van der Waals surface area contributed by atoms with Crippen LogP contribution in [-0.2, 0) is 12.6 Å². The van der Waals surface area contributed by atoms with Crippen LogP contribution >= 0.6 is 11.3 Å². The summed E-state index contributed by atoms with van der Waals surface area (Å²) in [5.74, 6) is 0. The maximum atomic E-state index is 12.6. The van der Waals surface area contributed by atoms with Gasteiger partial charge in [0.05, 0.1) is 21.7 Å². The molecule has 3 heterocycles. The van der Waals surface area contributed by atoms with E-state index in [1.165, 1.54) is 23.5 Å². The third-order valence-electron chi connectivity index (χ3n) is 4.54. The molecule has 0 amide bonds. The highest BCUT2D eigenvalue weighted by molar-refractivity contribution is 7.18. The van der Waals surface area contributed by atoms with Gasteiger partial charge in [0, 0.05) is 36.6 Å². The molecular weight excluding hydrogens is 411 g/mol. The smallest absolute Gasteiger partial charge is 0.360 e. The molecule has 0 aliphatic rings. The Kier molecular flexibility index (Phi) is 5.65. The van der Waals surface area contributed by atoms with E-state index in [9.17, 15) is 13.2 Å². The fourth-order valence-electron chi connectivity index (χ4n) is 3.00. The lowest BCUT2D eigenvalue weighted by molar-refractivity contribution is -0.137. The fraction of sp³-hybridized carbons (Fsp3) is 0.190. The van der Waals surface area contributed by atoms with E-state index in [0.717, 1.165) is 39.2 Å². The maximum absolute atomic E-state index is 12.6. The van der Waals surface area contributed by atoms with Gasteiger partial charge in [-0.1, -0.05) is 23.5 Å². The lowest BCUT2D eigenvalue weighted by Crippen LogP contribution is -2.31. The number of aromatic nitrogens is 3. The summed E-state index contributed by atoms with van der Waals surface area (Å²) in [6, 6.07) is 10.6. The van der Waals surface area contributed by atoms with Crippen LogP contribution in [0.25, 0.3) is 21.5 Å². The van der Waals surface area contributed by atoms with Crippen LogP contribution in [0.1, 0.15) is 11.1 Å². The third kappa shape index (κ3) is 4.74. The Morgan fingerprint density at radius 3 is 2.60 bits per heavy atom. The molecule has 30 heavy (non-hydrogen) atoms. The number of halogens is 3. The largest absolute Gasteiger partial charge is 0.416 e. The van der Waals surface area contributed by atoms with Crippen molar-refractivity contribution in [1.82, 2.24) is 15.0 Å². The van der Waals surface area contributed by atoms with Gasteiger partial charge in [-0.25, -0.2) is 9.97 Å². The monoisotopic (exact) mass is 429 g/mol. The Hall–Kier alpha value is -3.04. The normalized spacial score (nSPS) is 12.8. The van der Waals surface area contributed by atoms with E-state index in [1.54, 1.807) is 18.6 Å². The van der Waals surface area contributed by atoms with Gasteiger partial charge in [0.1, 0.15) is 0 Å². The summed E-state index contributed by atoms with van der Waals surface area (Å²) in [5, 5.41) is 4.88. The van der Waals surface area contributed by atoms with Gasteiger partial charge in [-0.05, 0) is 42.3 Å². The molecule has 4 rings (SSSR count). The van der Waals surface area contributed by atoms with E-state index in [-0.39, 0.29) is 6.04 Å². The molecule has 5 nitrogen and oxygen atoms in total. The van der Waals surface area contributed by atoms with Crippen molar-refractivity contribution < 1.29 is 13.2 Å². The molecule has 0 radical (unpaired) electrons. The second-order valence-corrected chi connectivity index (χ2v) is 7.86. The summed E-state index contributed by atoms with van der Waals surface area (Å²) in [6.07, 6.45) is 1.36. The number of hydrogen-bond donors (Lipinski definition) is 2. The number of nitrogens with zero attached hydrogens (tertiary/aromatic N) is 3. The molecule has 3 N–H and O–H groups in total. The van der Waals surface area contributed by atoms with Crippen molar-refractivity contribution >= 4 is 27.4 Å². The van der Waals surface area contributed by atoms with E-state index in [2.05, 4.69) is 20.3 Å². The average molecular weight is 429 g/mol. The first-order chi connectivity index (χ1) is 14.4. The number of alkyl halides is 3. The van der Waals surface area contributed by atoms with Crippen LogP contribution in [0.2, 0.25) is 0 Å². The zero-order valence-electron chi connectivity index (χ0n) is 15.7. The third-order valence-corrected chi connectivity index (χ3v) is 5.52. The van der Waals surface area contributed by atoms with Gasteiger partial charge in [-0.2, -0.15) is 13.2 Å². The number of hydrogen-bond acceptors (Lipinski definition) is 6. The highest BCUT2D eigenvalue weighted by Gasteiger charge is 2.29. The molecule has 0 spiro atoms. The summed E-state index contributed by atoms with van der Waals surface area (Å²) in [5.41, 5.74) is 7.92. The summed E-state index contributed by atoms with van der Waals surface area (Å²) >= 11 is 1.47. The molecule has 154 valence electrons. The molecular formula is C21H18F3N5S. The Morgan fingerprint density at radius 1 is 1.03 bits per heavy atom. The van der Waals surface area contributed by atoms with Gasteiger partial charge in [0.2, 0.25) is 0 Å². The second-order valence-electron chi connectivity index (χ2n) is 6.83. The first-order valence-electron chi connectivity index (χ1n) is 9.21. The summed E-state index contributed by atoms with van der Waals surface area (Å²) in [6.45, 7) is 0.449. The minimum atomic E-state index is -4.33. The quantitative estimate of drug-likeness (QED) is 0.462. The number of nitrogens with two attached hydrogens (primary N) is 1. The number of thiazole rings is 1. The van der Waals surface area contributed by atoms with Crippen LogP contribution in [0.4, 0.5) is 18.3 Å². The lowest BCUT2D eigenvalue weighted by atomic mass is 10.0. The van der Waals surface area contributed by atoms with Gasteiger partial charge in [-0.15, -0.1) is 0 Å². The van der Waals surface area contributed by atoms with Gasteiger partial charge in [0.25, 0.3) is 0 Å². The molecule has 3 aromatic heterocycles. The topological polar surface area (TPSA) is 76.7 Å². The van der Waals surface area contributed by atoms with Crippen molar-refractivity contribution in [3.8, 4) is 10.6 Å². The van der Waals surface area contributed by atoms with E-state index in [4.69, 9.17) is 5.73 Å². The van der Waals surface area contributed by atoms with Gasteiger partial charge >= 0.3 is 6.18 Å². The maximum Gasteiger partial charge on any atom is 0.416 e. The van der Waals surface area contributed by atoms with Crippen molar-refractivity contribution in [3.63, 3.8) is 0 Å². The van der Waals surface area contributed by atoms with Crippen LogP contribution < -0.4 is 11.1 Å². The van der Waals surface area contributed by atoms with Gasteiger partial charge in [-0.3, -0.25) is 4.98 Å². The summed E-state index contributed by atoms with van der Waals surface area (Å²) < 4.78 is 37.9. The first-order valence-corrected chi connectivity index (χ1v) is 10.0. The van der Waals surface area contributed by atoms with E-state index in [0.29, 0.717) is 18.1 Å². The van der Waals surface area contributed by atoms with Crippen LogP contribution in [0, 0.1) is 0 Å². The van der Waals surface area contributed by atoms with Crippen LogP contribution in [-0.4, -0.2) is 27.5 Å². The Labute approximate surface area is 174 Å². The number of anilines is 1. The van der Waals surface area contributed by atoms with Crippen molar-refractivity contribution in [1.29, 1.82) is 0 Å². The first kappa shape index (κ1) is 20.2. The average Bonchev–Trinajstić information content (AvgIpc) is 3.21. The van der Waals surface area contributed by atoms with E-state index < -0.39 is 11.7 Å². The number of rotatable bonds is 6. The highest BCUT2D eigenvalue weighted by Crippen LogP contribution is 2.30. The van der Waals surface area contributed by atoms with E-state index >= 15 is 0 Å². The molecule has 0 saturated carbocycles. The molecule has 0 bridgehead atoms. The molecule has 0 saturated heterocycles. The van der Waals surface area contributed by atoms with Crippen LogP contribution in [0.3, 0.4) is 0 Å². The molecule has 0 aliphatic carbocycles. The van der Waals surface area contributed by atoms with Crippen molar-refractivity contribution in [2.24, 2.45) is 5.73 Å². The molecule has 4 aromatic rings. The van der Waals surface area contributed by atoms with Crippen molar-refractivity contribution in [2.45, 2.75) is 18.6 Å². The van der Waals surface area contributed by atoms with Crippen LogP contribution in [0.5, 0.6) is 0 Å². The standard InChI is InChI=1S/C21H18F3N5S/c22-21(23,24)15-4-1-13(2-5-15)9-16(25)11-27-20-28-12-19(30-20)18-6-3-14-10-26-8-7-17(14)29-18/h1-8,10,12,16H,9,11,25H2,(H,27,28)/t16-/m0/s1. The summed E-state index contributed by atoms with van der Waals surface area (Å²) in [4.78, 5) is 14.0. The predicted octanol–water partition coefficient (Wildman–Crippen LogP) is 4.75. The summed E-state index contributed by atoms with van der Waals surface area (Å²) in [7, 11) is 0. The number of nitrogens with one attached hydrogen (secondary N) is 1. The number of benzene rings is 1. The predicted molar refractivity (Wildman–Crippen MR) is 112 cm³/mol. The minimum Gasteiger partial charge on any atom is -0.360 e. The molecule has 0 aliphatic heterocycles. The molecule has 1 aromatic carbocycles. The minimum absolute atomic E-state index is 0.264. The van der Waals surface area contributed by atoms with E-state index in [1.807, 2.05) is 18.2 Å². The highest BCUT2D eigenvalue weighted by atomic mass is 32.1. The zero-order chi connectivity index (χ0) is 21.1. The molecule has 0 fully saturated rings. The second kappa shape index (κ2) is 8.37. The lowest BCUT2D eigenvalue weighted by Gasteiger charge is -2.13. The van der Waals surface area contributed by atoms with Gasteiger partial charge < -0.3 is 11.1 Å². The SMILES string of the molecule is N[C@H](CNc1ncc(-c2ccc3cnccc3n2)s1)Cc1ccc(C(F)(F)F)cc1. The molecule has 1 atom stereocenters. The zero-order valence-corrected chi connectivity index (χ0v) is 16.5. The fourth-order valence-corrected chi connectivity index (χ4v) is 3.79. The van der Waals surface area contributed by atoms with Crippen molar-refractivity contribution in [2.75, 3.05) is 11.9 Å². The van der Waals surface area contributed by atoms with Crippen LogP contribution in [0.15, 0.2) is 61.1 Å². The number of pyridine rings is 2.